The molecule has 1 aromatic carbocycles. The van der Waals surface area contributed by atoms with E-state index in [4.69, 9.17) is 27.9 Å². The maximum absolute atomic E-state index is 12.6. The number of methoxy groups -OCH3 is 1. The fourth-order valence-corrected chi connectivity index (χ4v) is 4.82. The minimum Gasteiger partial charge on any atom is -0.465 e. The van der Waals surface area contributed by atoms with Crippen molar-refractivity contribution in [3.8, 4) is 11.6 Å². The lowest BCUT2D eigenvalue weighted by molar-refractivity contribution is 0.0600. The van der Waals surface area contributed by atoms with Gasteiger partial charge in [-0.05, 0) is 36.4 Å². The molecule has 7 nitrogen and oxygen atoms in total. The summed E-state index contributed by atoms with van der Waals surface area (Å²) >= 11 is 12.7. The summed E-state index contributed by atoms with van der Waals surface area (Å²) < 4.78 is 38.2. The lowest BCUT2D eigenvalue weighted by Gasteiger charge is -2.12. The van der Waals surface area contributed by atoms with Crippen LogP contribution in [0.3, 0.4) is 0 Å². The summed E-state index contributed by atoms with van der Waals surface area (Å²) in [7, 11) is -2.65. The zero-order chi connectivity index (χ0) is 20.3. The minimum atomic E-state index is -3.92. The molecule has 0 spiro atoms. The van der Waals surface area contributed by atoms with E-state index in [0.717, 1.165) is 11.3 Å². The van der Waals surface area contributed by atoms with Crippen LogP contribution in [0.25, 0.3) is 0 Å². The number of anilines is 1. The summed E-state index contributed by atoms with van der Waals surface area (Å²) in [4.78, 5) is 15.7. The van der Waals surface area contributed by atoms with Crippen molar-refractivity contribution < 1.29 is 22.7 Å². The Labute approximate surface area is 174 Å². The normalized spacial score (nSPS) is 11.1. The summed E-state index contributed by atoms with van der Waals surface area (Å²) in [5.74, 6) is -0.319. The Balaban J connectivity index is 1.92. The van der Waals surface area contributed by atoms with Crippen LogP contribution in [0.2, 0.25) is 9.36 Å². The molecule has 11 heteroatoms. The van der Waals surface area contributed by atoms with Crippen molar-refractivity contribution in [3.05, 3.63) is 63.6 Å². The number of pyridine rings is 1. The second kappa shape index (κ2) is 8.36. The van der Waals surface area contributed by atoms with E-state index in [1.165, 1.54) is 37.6 Å². The Kier molecular flexibility index (Phi) is 6.09. The highest BCUT2D eigenvalue weighted by molar-refractivity contribution is 7.94. The number of aromatic nitrogens is 1. The zero-order valence-electron chi connectivity index (χ0n) is 14.2. The molecule has 0 aliphatic carbocycles. The third-order valence-electron chi connectivity index (χ3n) is 3.35. The molecule has 0 radical (unpaired) electrons. The molecule has 146 valence electrons. The predicted octanol–water partition coefficient (Wildman–Crippen LogP) is 4.83. The zero-order valence-corrected chi connectivity index (χ0v) is 17.3. The van der Waals surface area contributed by atoms with Crippen molar-refractivity contribution in [1.29, 1.82) is 0 Å². The first kappa shape index (κ1) is 20.4. The molecule has 0 amide bonds. The van der Waals surface area contributed by atoms with Crippen LogP contribution in [0.5, 0.6) is 11.6 Å². The predicted molar refractivity (Wildman–Crippen MR) is 107 cm³/mol. The first-order valence-electron chi connectivity index (χ1n) is 7.58. The molecule has 3 aromatic rings. The van der Waals surface area contributed by atoms with Gasteiger partial charge in [-0.1, -0.05) is 29.3 Å². The highest BCUT2D eigenvalue weighted by Gasteiger charge is 2.20. The van der Waals surface area contributed by atoms with Crippen LogP contribution in [0.1, 0.15) is 10.4 Å². The van der Waals surface area contributed by atoms with Gasteiger partial charge in [0, 0.05) is 6.20 Å². The Morgan fingerprint density at radius 1 is 1.18 bits per heavy atom. The second-order valence-corrected chi connectivity index (χ2v) is 9.35. The van der Waals surface area contributed by atoms with Gasteiger partial charge in [0.1, 0.15) is 15.6 Å². The molecule has 0 aliphatic rings. The van der Waals surface area contributed by atoms with Crippen molar-refractivity contribution in [2.75, 3.05) is 11.8 Å². The van der Waals surface area contributed by atoms with Gasteiger partial charge in [0.05, 0.1) is 22.0 Å². The second-order valence-electron chi connectivity index (χ2n) is 5.29. The van der Waals surface area contributed by atoms with Crippen molar-refractivity contribution in [2.45, 2.75) is 4.21 Å². The van der Waals surface area contributed by atoms with E-state index in [1.54, 1.807) is 18.2 Å². The molecule has 2 heterocycles. The van der Waals surface area contributed by atoms with Crippen LogP contribution < -0.4 is 9.46 Å². The number of halogens is 2. The summed E-state index contributed by atoms with van der Waals surface area (Å²) in [6.07, 6.45) is 1.31. The molecule has 0 unspecified atom stereocenters. The maximum Gasteiger partial charge on any atom is 0.337 e. The number of thiophene rings is 1. The van der Waals surface area contributed by atoms with E-state index in [2.05, 4.69) is 14.4 Å². The van der Waals surface area contributed by atoms with Gasteiger partial charge in [-0.25, -0.2) is 18.2 Å². The van der Waals surface area contributed by atoms with E-state index >= 15 is 0 Å². The first-order chi connectivity index (χ1) is 13.3. The number of ether oxygens (including phenoxy) is 2. The highest BCUT2D eigenvalue weighted by atomic mass is 35.5. The molecule has 3 rings (SSSR count). The summed E-state index contributed by atoms with van der Waals surface area (Å²) in [5, 5.41) is 0.206. The minimum absolute atomic E-state index is 0.0242. The number of nitrogens with one attached hydrogen (secondary N) is 1. The van der Waals surface area contributed by atoms with Crippen molar-refractivity contribution >= 4 is 56.2 Å². The fraction of sp³-hybridized carbons (Fsp3) is 0.0588. The molecule has 0 fully saturated rings. The highest BCUT2D eigenvalue weighted by Crippen LogP contribution is 2.33. The third-order valence-corrected chi connectivity index (χ3v) is 6.64. The number of hydrogen-bond acceptors (Lipinski definition) is 7. The first-order valence-corrected chi connectivity index (χ1v) is 10.6. The lowest BCUT2D eigenvalue weighted by Crippen LogP contribution is -2.12. The topological polar surface area (TPSA) is 94.6 Å². The summed E-state index contributed by atoms with van der Waals surface area (Å²) in [5.41, 5.74) is 0.296. The smallest absolute Gasteiger partial charge is 0.337 e. The van der Waals surface area contributed by atoms with E-state index in [9.17, 15) is 13.2 Å². The van der Waals surface area contributed by atoms with Gasteiger partial charge in [-0.15, -0.1) is 11.3 Å². The molecule has 0 aliphatic heterocycles. The number of benzene rings is 1. The molecule has 2 aromatic heterocycles. The Hall–Kier alpha value is -2.33. The summed E-state index contributed by atoms with van der Waals surface area (Å²) in [6.45, 7) is 0. The Morgan fingerprint density at radius 3 is 2.64 bits per heavy atom. The molecule has 0 bridgehead atoms. The average Bonchev–Trinajstić information content (AvgIpc) is 3.11. The van der Waals surface area contributed by atoms with Crippen LogP contribution in [0.4, 0.5) is 5.69 Å². The fourth-order valence-electron chi connectivity index (χ4n) is 2.13. The Bertz CT molecular complexity index is 1130. The van der Waals surface area contributed by atoms with E-state index in [1.807, 2.05) is 0 Å². The molecule has 0 atom stereocenters. The number of esters is 1. The van der Waals surface area contributed by atoms with Crippen molar-refractivity contribution in [3.63, 3.8) is 0 Å². The van der Waals surface area contributed by atoms with Crippen LogP contribution in [0, 0.1) is 0 Å². The van der Waals surface area contributed by atoms with Crippen molar-refractivity contribution in [2.24, 2.45) is 0 Å². The number of hydrogen-bond donors (Lipinski definition) is 1. The number of carbonyl (C=O) groups excluding carboxylic acids is 1. The molecule has 28 heavy (non-hydrogen) atoms. The van der Waals surface area contributed by atoms with Gasteiger partial charge >= 0.3 is 5.97 Å². The van der Waals surface area contributed by atoms with Crippen LogP contribution in [-0.4, -0.2) is 26.5 Å². The van der Waals surface area contributed by atoms with Gasteiger partial charge in [0.25, 0.3) is 10.0 Å². The molecular formula is C17H12Cl2N2O5S2. The van der Waals surface area contributed by atoms with Gasteiger partial charge in [-0.3, -0.25) is 4.72 Å². The van der Waals surface area contributed by atoms with Crippen LogP contribution >= 0.6 is 34.5 Å². The van der Waals surface area contributed by atoms with Gasteiger partial charge in [0.2, 0.25) is 5.88 Å². The van der Waals surface area contributed by atoms with E-state index in [0.29, 0.717) is 4.34 Å². The molecule has 0 saturated carbocycles. The summed E-state index contributed by atoms with van der Waals surface area (Å²) in [6, 6.07) is 10.4. The van der Waals surface area contributed by atoms with Crippen LogP contribution in [-0.2, 0) is 14.8 Å². The standard InChI is InChI=1S/C17H12Cl2N2O5S2/c1-25-17(22)10-3-2-4-12(7-10)26-16-13(8-11(18)9-20-16)21-28(23,24)15-6-5-14(19)27-15/h2-9,21H,1H3. The SMILES string of the molecule is COC(=O)c1cccc(Oc2ncc(Cl)cc2NS(=O)(=O)c2ccc(Cl)s2)c1. The van der Waals surface area contributed by atoms with Gasteiger partial charge in [-0.2, -0.15) is 0 Å². The van der Waals surface area contributed by atoms with Gasteiger partial charge < -0.3 is 9.47 Å². The number of sulfonamides is 1. The number of nitrogens with zero attached hydrogens (tertiary/aromatic N) is 1. The molecular weight excluding hydrogens is 447 g/mol. The number of carbonyl (C=O) groups is 1. The van der Waals surface area contributed by atoms with Crippen LogP contribution in [0.15, 0.2) is 52.9 Å². The van der Waals surface area contributed by atoms with Crippen molar-refractivity contribution in [1.82, 2.24) is 4.98 Å². The number of rotatable bonds is 6. The third kappa shape index (κ3) is 4.74. The van der Waals surface area contributed by atoms with Gasteiger partial charge in [0.15, 0.2) is 0 Å². The monoisotopic (exact) mass is 458 g/mol. The van der Waals surface area contributed by atoms with E-state index in [-0.39, 0.29) is 32.1 Å². The maximum atomic E-state index is 12.6. The average molecular weight is 459 g/mol. The lowest BCUT2D eigenvalue weighted by atomic mass is 10.2. The van der Waals surface area contributed by atoms with E-state index < -0.39 is 16.0 Å². The quantitative estimate of drug-likeness (QED) is 0.531. The largest absolute Gasteiger partial charge is 0.465 e. The molecule has 0 saturated heterocycles. The Morgan fingerprint density at radius 2 is 1.96 bits per heavy atom. The molecule has 1 N–H and O–H groups in total.